The molecule has 120 valence electrons. The molecule has 0 saturated heterocycles. The zero-order chi connectivity index (χ0) is 15.7. The van der Waals surface area contributed by atoms with E-state index < -0.39 is 0 Å². The van der Waals surface area contributed by atoms with Gasteiger partial charge in [0.2, 0.25) is 0 Å². The quantitative estimate of drug-likeness (QED) is 0.695. The number of ether oxygens (including phenoxy) is 1. The predicted octanol–water partition coefficient (Wildman–Crippen LogP) is 2.40. The number of rotatable bonds is 10. The first-order valence-electron chi connectivity index (χ1n) is 7.86. The van der Waals surface area contributed by atoms with Crippen LogP contribution in [0.1, 0.15) is 38.3 Å². The number of methoxy groups -OCH3 is 1. The number of hydrogen-bond donors (Lipinski definition) is 2. The van der Waals surface area contributed by atoms with Gasteiger partial charge >= 0.3 is 0 Å². The summed E-state index contributed by atoms with van der Waals surface area (Å²) in [6.45, 7) is 9.97. The zero-order valence-electron chi connectivity index (χ0n) is 13.9. The molecule has 0 aliphatic rings. The molecule has 0 heterocycles. The molecule has 0 aliphatic carbocycles. The molecule has 0 saturated carbocycles. The SMILES string of the molecule is CCC(C)NCc1ccc(CN(CC)CCO)cc1OC. The average molecular weight is 294 g/mol. The third-order valence-corrected chi connectivity index (χ3v) is 3.87. The second kappa shape index (κ2) is 9.77. The lowest BCUT2D eigenvalue weighted by Gasteiger charge is -2.20. The smallest absolute Gasteiger partial charge is 0.123 e. The van der Waals surface area contributed by atoms with Gasteiger partial charge in [0, 0.05) is 31.2 Å². The van der Waals surface area contributed by atoms with Gasteiger partial charge in [0.15, 0.2) is 0 Å². The van der Waals surface area contributed by atoms with E-state index in [1.165, 1.54) is 11.1 Å². The van der Waals surface area contributed by atoms with Crippen LogP contribution < -0.4 is 10.1 Å². The Morgan fingerprint density at radius 3 is 2.67 bits per heavy atom. The highest BCUT2D eigenvalue weighted by atomic mass is 16.5. The fourth-order valence-corrected chi connectivity index (χ4v) is 2.21. The van der Waals surface area contributed by atoms with Crippen molar-refractivity contribution >= 4 is 0 Å². The molecule has 4 nitrogen and oxygen atoms in total. The molecule has 1 rings (SSSR count). The van der Waals surface area contributed by atoms with Crippen LogP contribution >= 0.6 is 0 Å². The van der Waals surface area contributed by atoms with Crippen molar-refractivity contribution in [1.29, 1.82) is 0 Å². The van der Waals surface area contributed by atoms with Gasteiger partial charge in [0.25, 0.3) is 0 Å². The first-order chi connectivity index (χ1) is 10.1. The molecule has 4 heteroatoms. The number of aliphatic hydroxyl groups excluding tert-OH is 1. The fraction of sp³-hybridized carbons (Fsp3) is 0.647. The third-order valence-electron chi connectivity index (χ3n) is 3.87. The van der Waals surface area contributed by atoms with Crippen molar-refractivity contribution in [3.8, 4) is 5.75 Å². The molecule has 21 heavy (non-hydrogen) atoms. The summed E-state index contributed by atoms with van der Waals surface area (Å²) in [4.78, 5) is 2.21. The van der Waals surface area contributed by atoms with Crippen molar-refractivity contribution in [1.82, 2.24) is 10.2 Å². The number of nitrogens with one attached hydrogen (secondary N) is 1. The second-order valence-corrected chi connectivity index (χ2v) is 5.43. The Labute approximate surface area is 129 Å². The first-order valence-corrected chi connectivity index (χ1v) is 7.86. The normalized spacial score (nSPS) is 12.7. The van der Waals surface area contributed by atoms with Crippen molar-refractivity contribution in [3.63, 3.8) is 0 Å². The third kappa shape index (κ3) is 6.04. The summed E-state index contributed by atoms with van der Waals surface area (Å²) in [5.74, 6) is 0.934. The van der Waals surface area contributed by atoms with Gasteiger partial charge in [-0.25, -0.2) is 0 Å². The lowest BCUT2D eigenvalue weighted by Crippen LogP contribution is -2.26. The zero-order valence-corrected chi connectivity index (χ0v) is 13.9. The maximum Gasteiger partial charge on any atom is 0.123 e. The highest BCUT2D eigenvalue weighted by Crippen LogP contribution is 2.21. The standard InChI is InChI=1S/C17H30N2O2/c1-5-14(3)18-12-16-8-7-15(11-17(16)21-4)13-19(6-2)9-10-20/h7-8,11,14,18,20H,5-6,9-10,12-13H2,1-4H3. The molecule has 1 atom stereocenters. The molecule has 0 aromatic heterocycles. The van der Waals surface area contributed by atoms with Crippen molar-refractivity contribution in [3.05, 3.63) is 29.3 Å². The van der Waals surface area contributed by atoms with E-state index in [4.69, 9.17) is 9.84 Å². The molecular formula is C17H30N2O2. The Balaban J connectivity index is 2.73. The molecule has 0 spiro atoms. The van der Waals surface area contributed by atoms with Crippen molar-refractivity contribution in [2.24, 2.45) is 0 Å². The molecule has 0 fully saturated rings. The van der Waals surface area contributed by atoms with Crippen LogP contribution in [0, 0.1) is 0 Å². The van der Waals surface area contributed by atoms with E-state index in [2.05, 4.69) is 49.2 Å². The largest absolute Gasteiger partial charge is 0.496 e. The minimum absolute atomic E-state index is 0.196. The molecule has 1 aromatic carbocycles. The monoisotopic (exact) mass is 294 g/mol. The van der Waals surface area contributed by atoms with Gasteiger partial charge in [-0.2, -0.15) is 0 Å². The fourth-order valence-electron chi connectivity index (χ4n) is 2.21. The summed E-state index contributed by atoms with van der Waals surface area (Å²) in [6.07, 6.45) is 1.12. The summed E-state index contributed by atoms with van der Waals surface area (Å²) in [7, 11) is 1.72. The number of hydrogen-bond acceptors (Lipinski definition) is 4. The topological polar surface area (TPSA) is 44.7 Å². The number of nitrogens with zero attached hydrogens (tertiary/aromatic N) is 1. The van der Waals surface area contributed by atoms with E-state index >= 15 is 0 Å². The second-order valence-electron chi connectivity index (χ2n) is 5.43. The summed E-state index contributed by atoms with van der Waals surface area (Å²) in [5.41, 5.74) is 2.40. The Morgan fingerprint density at radius 1 is 1.33 bits per heavy atom. The highest BCUT2D eigenvalue weighted by Gasteiger charge is 2.08. The van der Waals surface area contributed by atoms with Gasteiger partial charge < -0.3 is 15.2 Å². The van der Waals surface area contributed by atoms with E-state index in [9.17, 15) is 0 Å². The van der Waals surface area contributed by atoms with E-state index in [0.717, 1.165) is 31.8 Å². The lowest BCUT2D eigenvalue weighted by molar-refractivity contribution is 0.196. The Kier molecular flexibility index (Phi) is 8.35. The van der Waals surface area contributed by atoms with Crippen LogP contribution in [0.25, 0.3) is 0 Å². The molecule has 1 aromatic rings. The van der Waals surface area contributed by atoms with Gasteiger partial charge in [0.1, 0.15) is 5.75 Å². The molecule has 0 bridgehead atoms. The van der Waals surface area contributed by atoms with Crippen LogP contribution in [-0.4, -0.2) is 42.9 Å². The Morgan fingerprint density at radius 2 is 2.10 bits per heavy atom. The highest BCUT2D eigenvalue weighted by molar-refractivity contribution is 5.37. The molecule has 2 N–H and O–H groups in total. The van der Waals surface area contributed by atoms with E-state index in [0.29, 0.717) is 12.6 Å². The van der Waals surface area contributed by atoms with Gasteiger partial charge in [-0.05, 0) is 31.5 Å². The van der Waals surface area contributed by atoms with Crippen molar-refractivity contribution in [2.45, 2.75) is 46.3 Å². The van der Waals surface area contributed by atoms with Crippen LogP contribution in [0.5, 0.6) is 5.75 Å². The van der Waals surface area contributed by atoms with Crippen molar-refractivity contribution in [2.75, 3.05) is 26.8 Å². The average Bonchev–Trinajstić information content (AvgIpc) is 2.52. The predicted molar refractivity (Wildman–Crippen MR) is 87.6 cm³/mol. The number of likely N-dealkylation sites (N-methyl/N-ethyl adjacent to an activating group) is 1. The van der Waals surface area contributed by atoms with E-state index in [1.54, 1.807) is 7.11 Å². The molecule has 1 unspecified atom stereocenters. The summed E-state index contributed by atoms with van der Waals surface area (Å²) >= 11 is 0. The first kappa shape index (κ1) is 18.0. The van der Waals surface area contributed by atoms with Gasteiger partial charge in [-0.3, -0.25) is 4.90 Å². The molecule has 0 amide bonds. The van der Waals surface area contributed by atoms with Gasteiger partial charge in [-0.1, -0.05) is 26.0 Å². The van der Waals surface area contributed by atoms with E-state index in [1.807, 2.05) is 0 Å². The number of benzene rings is 1. The van der Waals surface area contributed by atoms with Crippen LogP contribution in [0.3, 0.4) is 0 Å². The Hall–Kier alpha value is -1.10. The molecule has 0 aliphatic heterocycles. The summed E-state index contributed by atoms with van der Waals surface area (Å²) < 4.78 is 5.52. The van der Waals surface area contributed by atoms with E-state index in [-0.39, 0.29) is 6.61 Å². The van der Waals surface area contributed by atoms with Crippen LogP contribution in [0.4, 0.5) is 0 Å². The van der Waals surface area contributed by atoms with Crippen molar-refractivity contribution < 1.29 is 9.84 Å². The van der Waals surface area contributed by atoms with Crippen LogP contribution in [0.15, 0.2) is 18.2 Å². The van der Waals surface area contributed by atoms with Crippen LogP contribution in [-0.2, 0) is 13.1 Å². The Bertz CT molecular complexity index is 410. The summed E-state index contributed by atoms with van der Waals surface area (Å²) in [5, 5.41) is 12.6. The van der Waals surface area contributed by atoms with Crippen LogP contribution in [0.2, 0.25) is 0 Å². The summed E-state index contributed by atoms with van der Waals surface area (Å²) in [6, 6.07) is 6.90. The molecular weight excluding hydrogens is 264 g/mol. The minimum Gasteiger partial charge on any atom is -0.496 e. The number of aliphatic hydroxyl groups is 1. The maximum atomic E-state index is 9.06. The maximum absolute atomic E-state index is 9.06. The lowest BCUT2D eigenvalue weighted by atomic mass is 10.1. The minimum atomic E-state index is 0.196. The van der Waals surface area contributed by atoms with Gasteiger partial charge in [0.05, 0.1) is 13.7 Å². The van der Waals surface area contributed by atoms with Gasteiger partial charge in [-0.15, -0.1) is 0 Å². The molecule has 0 radical (unpaired) electrons.